The molecule has 5 rings (SSSR count). The Labute approximate surface area is 238 Å². The number of carbonyl (C=O) groups excluding carboxylic acids is 1. The van der Waals surface area contributed by atoms with Crippen LogP contribution in [-0.4, -0.2) is 47.5 Å². The summed E-state index contributed by atoms with van der Waals surface area (Å²) in [5, 5.41) is 0.517. The number of ether oxygens (including phenoxy) is 1. The van der Waals surface area contributed by atoms with Crippen LogP contribution in [0, 0.1) is 11.6 Å². The van der Waals surface area contributed by atoms with Crippen molar-refractivity contribution in [3.05, 3.63) is 88.3 Å². The molecule has 0 radical (unpaired) electrons. The van der Waals surface area contributed by atoms with E-state index in [0.717, 1.165) is 5.69 Å². The number of nitrogens with zero attached hydrogens (tertiary/aromatic N) is 4. The van der Waals surface area contributed by atoms with Crippen LogP contribution < -0.4 is 14.5 Å². The second kappa shape index (κ2) is 11.8. The Morgan fingerprint density at radius 2 is 1.90 bits per heavy atom. The standard InChI is InChI=1S/C31H33ClF2N4O2/c1-4-27-31(38-19-22(32)8-13-30(38)35-27)29(39)12-7-21-6-9-23(16-25(21)33)36-14-15-37(20(3)18-36)28-11-10-24(40-5-2)17-26(28)34/h6,8-11,13,16-17,19-20H,4-5,7,12,14-15,18H2,1-3H3/t20-/m0/s1. The third kappa shape index (κ3) is 5.63. The van der Waals surface area contributed by atoms with Gasteiger partial charge in [0.1, 0.15) is 28.7 Å². The van der Waals surface area contributed by atoms with E-state index in [1.807, 2.05) is 31.7 Å². The molecule has 210 valence electrons. The van der Waals surface area contributed by atoms with Gasteiger partial charge in [0.2, 0.25) is 0 Å². The molecule has 4 aromatic rings. The molecule has 0 bridgehead atoms. The lowest BCUT2D eigenvalue weighted by atomic mass is 10.0. The zero-order chi connectivity index (χ0) is 28.4. The van der Waals surface area contributed by atoms with E-state index in [4.69, 9.17) is 16.3 Å². The van der Waals surface area contributed by atoms with E-state index in [1.54, 1.807) is 40.9 Å². The van der Waals surface area contributed by atoms with Crippen LogP contribution in [0.5, 0.6) is 5.75 Å². The molecule has 40 heavy (non-hydrogen) atoms. The van der Waals surface area contributed by atoms with Gasteiger partial charge >= 0.3 is 0 Å². The minimum atomic E-state index is -0.338. The number of Topliss-reactive ketones (excluding diaryl/α,β-unsaturated/α-hetero) is 1. The minimum absolute atomic E-state index is 0.0216. The fourth-order valence-electron chi connectivity index (χ4n) is 5.44. The first-order valence-corrected chi connectivity index (χ1v) is 14.1. The van der Waals surface area contributed by atoms with Gasteiger partial charge in [-0.05, 0) is 68.7 Å². The van der Waals surface area contributed by atoms with Crippen LogP contribution in [0.2, 0.25) is 5.02 Å². The van der Waals surface area contributed by atoms with Crippen LogP contribution in [-0.2, 0) is 12.8 Å². The third-order valence-corrected chi connectivity index (χ3v) is 7.67. The monoisotopic (exact) mass is 566 g/mol. The van der Waals surface area contributed by atoms with Crippen molar-refractivity contribution in [2.75, 3.05) is 36.0 Å². The van der Waals surface area contributed by atoms with Gasteiger partial charge in [-0.1, -0.05) is 24.6 Å². The Morgan fingerprint density at radius 1 is 1.07 bits per heavy atom. The number of imidazole rings is 1. The number of hydrogen-bond acceptors (Lipinski definition) is 5. The summed E-state index contributed by atoms with van der Waals surface area (Å²) < 4.78 is 37.1. The molecule has 1 atom stereocenters. The van der Waals surface area contributed by atoms with E-state index < -0.39 is 0 Å². The number of benzene rings is 2. The first-order chi connectivity index (χ1) is 19.3. The van der Waals surface area contributed by atoms with Gasteiger partial charge in [0.25, 0.3) is 0 Å². The molecule has 0 spiro atoms. The van der Waals surface area contributed by atoms with Gasteiger partial charge in [0, 0.05) is 50.0 Å². The highest BCUT2D eigenvalue weighted by Crippen LogP contribution is 2.30. The van der Waals surface area contributed by atoms with Gasteiger partial charge in [-0.3, -0.25) is 9.20 Å². The summed E-state index contributed by atoms with van der Waals surface area (Å²) in [6.07, 6.45) is 2.74. The van der Waals surface area contributed by atoms with E-state index in [9.17, 15) is 9.18 Å². The van der Waals surface area contributed by atoms with Crippen molar-refractivity contribution in [1.82, 2.24) is 9.38 Å². The van der Waals surface area contributed by atoms with Crippen molar-refractivity contribution in [2.24, 2.45) is 0 Å². The maximum Gasteiger partial charge on any atom is 0.181 e. The number of carbonyl (C=O) groups is 1. The second-order valence-electron chi connectivity index (χ2n) is 10.1. The second-order valence-corrected chi connectivity index (χ2v) is 10.5. The Balaban J connectivity index is 1.24. The zero-order valence-corrected chi connectivity index (χ0v) is 23.7. The highest BCUT2D eigenvalue weighted by Gasteiger charge is 2.27. The van der Waals surface area contributed by atoms with Crippen LogP contribution in [0.1, 0.15) is 48.9 Å². The molecule has 0 N–H and O–H groups in total. The van der Waals surface area contributed by atoms with Crippen LogP contribution in [0.25, 0.3) is 5.65 Å². The summed E-state index contributed by atoms with van der Waals surface area (Å²) in [6, 6.07) is 13.7. The van der Waals surface area contributed by atoms with Gasteiger partial charge in [-0.2, -0.15) is 0 Å². The van der Waals surface area contributed by atoms with Gasteiger partial charge in [0.15, 0.2) is 5.78 Å². The van der Waals surface area contributed by atoms with Gasteiger partial charge in [-0.25, -0.2) is 13.8 Å². The molecule has 6 nitrogen and oxygen atoms in total. The van der Waals surface area contributed by atoms with E-state index >= 15 is 4.39 Å². The number of hydrogen-bond donors (Lipinski definition) is 0. The Morgan fingerprint density at radius 3 is 2.60 bits per heavy atom. The number of halogens is 3. The Kier molecular flexibility index (Phi) is 8.26. The number of ketones is 1. The lowest BCUT2D eigenvalue weighted by Crippen LogP contribution is -2.52. The van der Waals surface area contributed by atoms with Crippen LogP contribution in [0.15, 0.2) is 54.7 Å². The largest absolute Gasteiger partial charge is 0.494 e. The predicted molar refractivity (Wildman–Crippen MR) is 155 cm³/mol. The molecule has 0 amide bonds. The Hall–Kier alpha value is -3.65. The fraction of sp³-hybridized carbons (Fsp3) is 0.355. The van der Waals surface area contributed by atoms with Crippen LogP contribution >= 0.6 is 11.6 Å². The summed E-state index contributed by atoms with van der Waals surface area (Å²) in [6.45, 7) is 8.20. The van der Waals surface area contributed by atoms with Gasteiger partial charge < -0.3 is 14.5 Å². The molecule has 1 saturated heterocycles. The summed E-state index contributed by atoms with van der Waals surface area (Å²) in [7, 11) is 0. The predicted octanol–water partition coefficient (Wildman–Crippen LogP) is 6.76. The number of aryl methyl sites for hydroxylation is 2. The van der Waals surface area contributed by atoms with Crippen molar-refractivity contribution in [3.8, 4) is 5.75 Å². The molecule has 1 fully saturated rings. The highest BCUT2D eigenvalue weighted by molar-refractivity contribution is 6.30. The van der Waals surface area contributed by atoms with Crippen molar-refractivity contribution in [1.29, 1.82) is 0 Å². The number of aromatic nitrogens is 2. The molecule has 0 aliphatic carbocycles. The molecule has 1 aliphatic rings. The van der Waals surface area contributed by atoms with E-state index in [0.29, 0.717) is 71.7 Å². The fourth-order valence-corrected chi connectivity index (χ4v) is 5.60. The molecule has 0 saturated carbocycles. The van der Waals surface area contributed by atoms with Crippen molar-refractivity contribution >= 4 is 34.4 Å². The molecule has 2 aromatic carbocycles. The molecule has 3 heterocycles. The zero-order valence-electron chi connectivity index (χ0n) is 23.0. The molecule has 9 heteroatoms. The lowest BCUT2D eigenvalue weighted by molar-refractivity contribution is 0.0976. The van der Waals surface area contributed by atoms with Crippen molar-refractivity contribution < 1.29 is 18.3 Å². The number of piperazine rings is 1. The highest BCUT2D eigenvalue weighted by atomic mass is 35.5. The SMILES string of the molecule is CCOc1ccc(N2CCN(c3ccc(CCC(=O)c4c(CC)nc5ccc(Cl)cn45)c(F)c3)C[C@@H]2C)c(F)c1. The topological polar surface area (TPSA) is 50.1 Å². The van der Waals surface area contributed by atoms with Gasteiger partial charge in [-0.15, -0.1) is 0 Å². The molecular formula is C31H33ClF2N4O2. The lowest BCUT2D eigenvalue weighted by Gasteiger charge is -2.42. The van der Waals surface area contributed by atoms with E-state index in [1.165, 1.54) is 12.1 Å². The average molecular weight is 567 g/mol. The third-order valence-electron chi connectivity index (χ3n) is 7.44. The minimum Gasteiger partial charge on any atom is -0.494 e. The first kappa shape index (κ1) is 27.9. The van der Waals surface area contributed by atoms with E-state index in [-0.39, 0.29) is 36.3 Å². The maximum absolute atomic E-state index is 15.2. The summed E-state index contributed by atoms with van der Waals surface area (Å²) >= 11 is 6.15. The summed E-state index contributed by atoms with van der Waals surface area (Å²) in [5.74, 6) is -0.230. The Bertz CT molecular complexity index is 1540. The van der Waals surface area contributed by atoms with Crippen molar-refractivity contribution in [2.45, 2.75) is 46.1 Å². The summed E-state index contributed by atoms with van der Waals surface area (Å²) in [4.78, 5) is 21.9. The normalized spacial score (nSPS) is 15.6. The molecule has 1 aliphatic heterocycles. The quantitative estimate of drug-likeness (QED) is 0.210. The van der Waals surface area contributed by atoms with Crippen molar-refractivity contribution in [3.63, 3.8) is 0 Å². The smallest absolute Gasteiger partial charge is 0.181 e. The number of rotatable bonds is 9. The molecule has 2 aromatic heterocycles. The summed E-state index contributed by atoms with van der Waals surface area (Å²) in [5.41, 5.74) is 3.69. The number of pyridine rings is 1. The maximum atomic E-state index is 15.2. The first-order valence-electron chi connectivity index (χ1n) is 13.7. The van der Waals surface area contributed by atoms with Crippen LogP contribution in [0.4, 0.5) is 20.2 Å². The van der Waals surface area contributed by atoms with E-state index in [2.05, 4.69) is 9.88 Å². The molecular weight excluding hydrogens is 534 g/mol. The van der Waals surface area contributed by atoms with Gasteiger partial charge in [0.05, 0.1) is 23.0 Å². The van der Waals surface area contributed by atoms with Crippen LogP contribution in [0.3, 0.4) is 0 Å². The number of fused-ring (bicyclic) bond motifs is 1. The average Bonchev–Trinajstić information content (AvgIpc) is 3.30. The number of anilines is 2. The molecule has 0 unspecified atom stereocenters.